The summed E-state index contributed by atoms with van der Waals surface area (Å²) in [4.78, 5) is 0. The van der Waals surface area contributed by atoms with Gasteiger partial charge >= 0.3 is 0 Å². The minimum Gasteiger partial charge on any atom is -0.396 e. The number of hydrogen-bond donors (Lipinski definition) is 2. The first-order valence-electron chi connectivity index (χ1n) is 7.82. The van der Waals surface area contributed by atoms with Gasteiger partial charge in [0.25, 0.3) is 0 Å². The molecule has 1 fully saturated rings. The fourth-order valence-corrected chi connectivity index (χ4v) is 3.86. The van der Waals surface area contributed by atoms with Gasteiger partial charge in [-0.05, 0) is 24.8 Å². The van der Waals surface area contributed by atoms with Gasteiger partial charge in [0.05, 0.1) is 24.4 Å². The molecule has 1 saturated carbocycles. The Hall–Kier alpha value is -1.39. The van der Waals surface area contributed by atoms with Gasteiger partial charge < -0.3 is 10.2 Å². The molecule has 1 aliphatic rings. The van der Waals surface area contributed by atoms with Gasteiger partial charge in [-0.2, -0.15) is 5.10 Å². The van der Waals surface area contributed by atoms with E-state index < -0.39 is 5.41 Å². The molecule has 1 aromatic carbocycles. The highest BCUT2D eigenvalue weighted by Crippen LogP contribution is 2.42. The molecule has 0 unspecified atom stereocenters. The maximum absolute atomic E-state index is 9.98. The molecule has 1 heterocycles. The Morgan fingerprint density at radius 1 is 1.19 bits per heavy atom. The Morgan fingerprint density at radius 2 is 1.86 bits per heavy atom. The van der Waals surface area contributed by atoms with Crippen molar-refractivity contribution in [2.24, 2.45) is 18.4 Å². The van der Waals surface area contributed by atoms with Crippen molar-refractivity contribution < 1.29 is 10.2 Å². The molecular weight excluding hydrogens is 264 g/mol. The summed E-state index contributed by atoms with van der Waals surface area (Å²) in [7, 11) is 1.95. The average Bonchev–Trinajstić information content (AvgIpc) is 3.15. The van der Waals surface area contributed by atoms with Crippen molar-refractivity contribution in [3.63, 3.8) is 0 Å². The van der Waals surface area contributed by atoms with E-state index in [1.807, 2.05) is 23.9 Å². The number of aliphatic hydroxyl groups is 2. The van der Waals surface area contributed by atoms with Gasteiger partial charge in [0.15, 0.2) is 0 Å². The molecule has 3 rings (SSSR count). The zero-order valence-electron chi connectivity index (χ0n) is 12.6. The molecule has 4 nitrogen and oxygen atoms in total. The van der Waals surface area contributed by atoms with Crippen LogP contribution < -0.4 is 0 Å². The third-order valence-corrected chi connectivity index (χ3v) is 5.20. The van der Waals surface area contributed by atoms with E-state index in [-0.39, 0.29) is 13.2 Å². The van der Waals surface area contributed by atoms with Crippen LogP contribution in [0.3, 0.4) is 0 Å². The summed E-state index contributed by atoms with van der Waals surface area (Å²) in [6.45, 7) is 0.0537. The van der Waals surface area contributed by atoms with Gasteiger partial charge in [0, 0.05) is 24.3 Å². The summed E-state index contributed by atoms with van der Waals surface area (Å²) >= 11 is 0. The first kappa shape index (κ1) is 14.5. The molecule has 0 radical (unpaired) electrons. The Bertz CT molecular complexity index is 610. The molecule has 0 amide bonds. The summed E-state index contributed by atoms with van der Waals surface area (Å²) in [5.74, 6) is 0.397. The molecule has 0 saturated heterocycles. The highest BCUT2D eigenvalue weighted by Gasteiger charge is 2.40. The van der Waals surface area contributed by atoms with Crippen LogP contribution in [-0.4, -0.2) is 33.2 Å². The van der Waals surface area contributed by atoms with Crippen LogP contribution in [0.4, 0.5) is 0 Å². The van der Waals surface area contributed by atoms with Gasteiger partial charge in [-0.1, -0.05) is 31.0 Å². The zero-order valence-corrected chi connectivity index (χ0v) is 12.6. The highest BCUT2D eigenvalue weighted by atomic mass is 16.3. The minimum absolute atomic E-state index is 0.0269. The molecule has 114 valence electrons. The van der Waals surface area contributed by atoms with Gasteiger partial charge in [-0.3, -0.25) is 4.68 Å². The van der Waals surface area contributed by atoms with Crippen LogP contribution >= 0.6 is 0 Å². The van der Waals surface area contributed by atoms with E-state index in [0.29, 0.717) is 12.3 Å². The second kappa shape index (κ2) is 5.78. The smallest absolute Gasteiger partial charge is 0.0710 e. The monoisotopic (exact) mass is 288 g/mol. The van der Waals surface area contributed by atoms with E-state index in [9.17, 15) is 10.2 Å². The van der Waals surface area contributed by atoms with E-state index in [0.717, 1.165) is 29.4 Å². The summed E-state index contributed by atoms with van der Waals surface area (Å²) in [6, 6.07) is 8.16. The van der Waals surface area contributed by atoms with Crippen LogP contribution in [-0.2, 0) is 13.5 Å². The third kappa shape index (κ3) is 2.47. The SMILES string of the molecule is Cn1nc(CC(CO)(CO)C2CCCC2)c2ccccc21. The van der Waals surface area contributed by atoms with E-state index in [2.05, 4.69) is 17.2 Å². The largest absolute Gasteiger partial charge is 0.396 e. The molecular formula is C17H24N2O2. The number of fused-ring (bicyclic) bond motifs is 1. The molecule has 2 aromatic rings. The molecule has 0 aliphatic heterocycles. The van der Waals surface area contributed by atoms with Crippen molar-refractivity contribution in [1.82, 2.24) is 9.78 Å². The number of rotatable bonds is 5. The lowest BCUT2D eigenvalue weighted by atomic mass is 9.72. The second-order valence-electron chi connectivity index (χ2n) is 6.42. The lowest BCUT2D eigenvalue weighted by molar-refractivity contribution is 0.00512. The maximum Gasteiger partial charge on any atom is 0.0710 e. The summed E-state index contributed by atoms with van der Waals surface area (Å²) < 4.78 is 1.89. The fourth-order valence-electron chi connectivity index (χ4n) is 3.86. The molecule has 0 spiro atoms. The van der Waals surface area contributed by atoms with E-state index >= 15 is 0 Å². The number of aryl methyl sites for hydroxylation is 1. The number of aromatic nitrogens is 2. The second-order valence-corrected chi connectivity index (χ2v) is 6.42. The topological polar surface area (TPSA) is 58.3 Å². The first-order valence-corrected chi connectivity index (χ1v) is 7.82. The van der Waals surface area contributed by atoms with Crippen LogP contribution in [0.2, 0.25) is 0 Å². The lowest BCUT2D eigenvalue weighted by Crippen LogP contribution is -2.39. The Labute approximate surface area is 125 Å². The Balaban J connectivity index is 1.98. The van der Waals surface area contributed by atoms with Crippen molar-refractivity contribution in [1.29, 1.82) is 0 Å². The summed E-state index contributed by atoms with van der Waals surface area (Å²) in [5, 5.41) is 25.7. The summed E-state index contributed by atoms with van der Waals surface area (Å²) in [5.41, 5.74) is 1.65. The predicted molar refractivity (Wildman–Crippen MR) is 83.0 cm³/mol. The maximum atomic E-state index is 9.98. The fraction of sp³-hybridized carbons (Fsp3) is 0.588. The van der Waals surface area contributed by atoms with Gasteiger partial charge in [-0.25, -0.2) is 0 Å². The van der Waals surface area contributed by atoms with Crippen LogP contribution in [0.25, 0.3) is 10.9 Å². The predicted octanol–water partition coefficient (Wildman–Crippen LogP) is 2.28. The van der Waals surface area contributed by atoms with E-state index in [1.165, 1.54) is 12.8 Å². The number of aliphatic hydroxyl groups excluding tert-OH is 2. The normalized spacial score (nSPS) is 16.9. The average molecular weight is 288 g/mol. The van der Waals surface area contributed by atoms with Crippen LogP contribution in [0.1, 0.15) is 31.4 Å². The molecule has 0 atom stereocenters. The van der Waals surface area contributed by atoms with Crippen molar-refractivity contribution in [3.8, 4) is 0 Å². The number of hydrogen-bond acceptors (Lipinski definition) is 3. The van der Waals surface area contributed by atoms with Crippen LogP contribution in [0, 0.1) is 11.3 Å². The molecule has 2 N–H and O–H groups in total. The quantitative estimate of drug-likeness (QED) is 0.887. The van der Waals surface area contributed by atoms with Gasteiger partial charge in [0.1, 0.15) is 0 Å². The molecule has 1 aliphatic carbocycles. The van der Waals surface area contributed by atoms with Crippen molar-refractivity contribution in [2.75, 3.05) is 13.2 Å². The van der Waals surface area contributed by atoms with Crippen LogP contribution in [0.5, 0.6) is 0 Å². The Morgan fingerprint density at radius 3 is 2.52 bits per heavy atom. The zero-order chi connectivity index (χ0) is 14.9. The van der Waals surface area contributed by atoms with E-state index in [4.69, 9.17) is 0 Å². The van der Waals surface area contributed by atoms with Crippen molar-refractivity contribution >= 4 is 10.9 Å². The van der Waals surface area contributed by atoms with Crippen LogP contribution in [0.15, 0.2) is 24.3 Å². The van der Waals surface area contributed by atoms with E-state index in [1.54, 1.807) is 0 Å². The summed E-state index contributed by atoms with van der Waals surface area (Å²) in [6.07, 6.45) is 5.26. The van der Waals surface area contributed by atoms with Gasteiger partial charge in [0.2, 0.25) is 0 Å². The van der Waals surface area contributed by atoms with Gasteiger partial charge in [-0.15, -0.1) is 0 Å². The lowest BCUT2D eigenvalue weighted by Gasteiger charge is -2.35. The first-order chi connectivity index (χ1) is 10.2. The standard InChI is InChI=1S/C17H24N2O2/c1-19-16-9-5-4-8-14(16)15(18-19)10-17(11-20,12-21)13-6-2-3-7-13/h4-5,8-9,13,20-21H,2-3,6-7,10-12H2,1H3. The molecule has 4 heteroatoms. The molecule has 1 aromatic heterocycles. The number of para-hydroxylation sites is 1. The minimum atomic E-state index is -0.437. The number of benzene rings is 1. The molecule has 21 heavy (non-hydrogen) atoms. The third-order valence-electron chi connectivity index (χ3n) is 5.20. The number of nitrogens with zero attached hydrogens (tertiary/aromatic N) is 2. The molecule has 0 bridgehead atoms. The highest BCUT2D eigenvalue weighted by molar-refractivity contribution is 5.81. The Kier molecular flexibility index (Phi) is 4.00. The van der Waals surface area contributed by atoms with Crippen molar-refractivity contribution in [2.45, 2.75) is 32.1 Å². The van der Waals surface area contributed by atoms with Crippen molar-refractivity contribution in [3.05, 3.63) is 30.0 Å².